The SMILES string of the molecule is Cc1cccn2c(=O)cc(CSc3ccccc3NC(=O)COc3cccc(C(F)(F)F)c3)nc12. The van der Waals surface area contributed by atoms with Crippen LogP contribution >= 0.6 is 11.8 Å². The number of pyridine rings is 1. The second-order valence-electron chi connectivity index (χ2n) is 7.62. The normalized spacial score (nSPS) is 11.4. The Morgan fingerprint density at radius 2 is 1.89 bits per heavy atom. The Morgan fingerprint density at radius 1 is 1.09 bits per heavy atom. The molecule has 1 N–H and O–H groups in total. The van der Waals surface area contributed by atoms with Crippen LogP contribution in [-0.4, -0.2) is 21.9 Å². The van der Waals surface area contributed by atoms with Crippen molar-refractivity contribution in [3.05, 3.63) is 100 Å². The fourth-order valence-electron chi connectivity index (χ4n) is 3.33. The van der Waals surface area contributed by atoms with Crippen molar-refractivity contribution in [2.24, 2.45) is 0 Å². The molecular weight excluding hydrogens is 479 g/mol. The first-order chi connectivity index (χ1) is 16.7. The number of alkyl halides is 3. The van der Waals surface area contributed by atoms with Crippen molar-refractivity contribution >= 4 is 29.0 Å². The number of thioether (sulfide) groups is 1. The lowest BCUT2D eigenvalue weighted by molar-refractivity contribution is -0.137. The average Bonchev–Trinajstić information content (AvgIpc) is 2.82. The van der Waals surface area contributed by atoms with Crippen molar-refractivity contribution in [2.75, 3.05) is 11.9 Å². The summed E-state index contributed by atoms with van der Waals surface area (Å²) >= 11 is 1.39. The van der Waals surface area contributed by atoms with Crippen molar-refractivity contribution in [1.82, 2.24) is 9.38 Å². The van der Waals surface area contributed by atoms with Crippen LogP contribution in [0.4, 0.5) is 18.9 Å². The molecule has 0 atom stereocenters. The Morgan fingerprint density at radius 3 is 2.69 bits per heavy atom. The van der Waals surface area contributed by atoms with Crippen LogP contribution in [0.1, 0.15) is 16.8 Å². The highest BCUT2D eigenvalue weighted by Gasteiger charge is 2.30. The van der Waals surface area contributed by atoms with Gasteiger partial charge in [-0.05, 0) is 48.9 Å². The van der Waals surface area contributed by atoms with Gasteiger partial charge in [0.05, 0.1) is 16.9 Å². The van der Waals surface area contributed by atoms with Crippen molar-refractivity contribution in [3.63, 3.8) is 0 Å². The van der Waals surface area contributed by atoms with Crippen LogP contribution in [0.2, 0.25) is 0 Å². The second kappa shape index (κ2) is 10.2. The summed E-state index contributed by atoms with van der Waals surface area (Å²) in [5, 5.41) is 2.72. The van der Waals surface area contributed by atoms with Crippen LogP contribution in [0.25, 0.3) is 5.65 Å². The number of para-hydroxylation sites is 1. The maximum atomic E-state index is 12.9. The van der Waals surface area contributed by atoms with Crippen LogP contribution in [0.3, 0.4) is 0 Å². The average molecular weight is 500 g/mol. The molecule has 1 amide bonds. The largest absolute Gasteiger partial charge is 0.484 e. The number of fused-ring (bicyclic) bond motifs is 1. The monoisotopic (exact) mass is 499 g/mol. The zero-order valence-electron chi connectivity index (χ0n) is 18.5. The molecule has 0 saturated heterocycles. The van der Waals surface area contributed by atoms with Gasteiger partial charge in [0, 0.05) is 22.9 Å². The van der Waals surface area contributed by atoms with Gasteiger partial charge < -0.3 is 10.1 Å². The minimum absolute atomic E-state index is 0.0541. The van der Waals surface area contributed by atoms with Crippen molar-refractivity contribution in [3.8, 4) is 5.75 Å². The highest BCUT2D eigenvalue weighted by Crippen LogP contribution is 2.32. The predicted molar refractivity (Wildman–Crippen MR) is 128 cm³/mol. The second-order valence-corrected chi connectivity index (χ2v) is 8.63. The predicted octanol–water partition coefficient (Wildman–Crippen LogP) is 5.33. The number of nitrogens with one attached hydrogen (secondary N) is 1. The first-order valence-corrected chi connectivity index (χ1v) is 11.5. The van der Waals surface area contributed by atoms with E-state index in [-0.39, 0.29) is 11.3 Å². The number of anilines is 1. The summed E-state index contributed by atoms with van der Waals surface area (Å²) in [5.41, 5.74) is 1.55. The Balaban J connectivity index is 1.42. The van der Waals surface area contributed by atoms with Gasteiger partial charge in [-0.2, -0.15) is 13.2 Å². The molecule has 10 heteroatoms. The minimum Gasteiger partial charge on any atom is -0.484 e. The molecule has 2 aromatic carbocycles. The molecule has 0 bridgehead atoms. The van der Waals surface area contributed by atoms with E-state index in [0.717, 1.165) is 22.6 Å². The molecule has 35 heavy (non-hydrogen) atoms. The summed E-state index contributed by atoms with van der Waals surface area (Å²) in [6, 6.07) is 16.6. The van der Waals surface area contributed by atoms with Gasteiger partial charge in [0.1, 0.15) is 11.4 Å². The number of ether oxygens (including phenoxy) is 1. The van der Waals surface area contributed by atoms with E-state index >= 15 is 0 Å². The van der Waals surface area contributed by atoms with Crippen molar-refractivity contribution < 1.29 is 22.7 Å². The van der Waals surface area contributed by atoms with Crippen molar-refractivity contribution in [1.29, 1.82) is 0 Å². The molecule has 4 rings (SSSR count). The number of aryl methyl sites for hydroxylation is 1. The molecule has 2 aromatic heterocycles. The summed E-state index contributed by atoms with van der Waals surface area (Å²) in [4.78, 5) is 30.1. The molecule has 6 nitrogen and oxygen atoms in total. The van der Waals surface area contributed by atoms with E-state index in [1.165, 1.54) is 34.4 Å². The molecule has 2 heterocycles. The van der Waals surface area contributed by atoms with E-state index < -0.39 is 24.3 Å². The number of rotatable bonds is 7. The smallest absolute Gasteiger partial charge is 0.416 e. The summed E-state index contributed by atoms with van der Waals surface area (Å²) < 4.78 is 45.3. The summed E-state index contributed by atoms with van der Waals surface area (Å²) in [6.07, 6.45) is -2.83. The number of carbonyl (C=O) groups excluding carboxylic acids is 1. The van der Waals surface area contributed by atoms with Gasteiger partial charge in [0.2, 0.25) is 0 Å². The molecule has 0 spiro atoms. The summed E-state index contributed by atoms with van der Waals surface area (Å²) in [5.74, 6) is -0.178. The maximum absolute atomic E-state index is 12.9. The Labute approximate surface area is 202 Å². The highest BCUT2D eigenvalue weighted by molar-refractivity contribution is 7.98. The third kappa shape index (κ3) is 6.02. The van der Waals surface area contributed by atoms with Crippen molar-refractivity contribution in [2.45, 2.75) is 23.7 Å². The molecule has 0 aliphatic carbocycles. The molecule has 0 radical (unpaired) electrons. The standard InChI is InChI=1S/C25H20F3N3O3S/c1-16-6-5-11-31-23(33)13-18(29-24(16)31)15-35-21-10-3-2-9-20(21)30-22(32)14-34-19-8-4-7-17(12-19)25(26,27)28/h2-13H,14-15H2,1H3,(H,30,32). The van der Waals surface area contributed by atoms with Crippen LogP contribution < -0.4 is 15.6 Å². The van der Waals surface area contributed by atoms with E-state index in [1.807, 2.05) is 25.1 Å². The van der Waals surface area contributed by atoms with Gasteiger partial charge in [-0.25, -0.2) is 4.98 Å². The fraction of sp³-hybridized carbons (Fsp3) is 0.160. The lowest BCUT2D eigenvalue weighted by Gasteiger charge is -2.12. The quantitative estimate of drug-likeness (QED) is 0.348. The first kappa shape index (κ1) is 24.3. The number of hydrogen-bond acceptors (Lipinski definition) is 5. The number of halogens is 3. The number of carbonyl (C=O) groups is 1. The molecule has 0 saturated carbocycles. The molecule has 0 aliphatic rings. The van der Waals surface area contributed by atoms with Gasteiger partial charge in [-0.1, -0.05) is 24.3 Å². The Bertz CT molecular complexity index is 1440. The van der Waals surface area contributed by atoms with Gasteiger partial charge in [0.15, 0.2) is 6.61 Å². The molecule has 180 valence electrons. The third-order valence-corrected chi connectivity index (χ3v) is 6.11. The van der Waals surface area contributed by atoms with E-state index in [2.05, 4.69) is 10.3 Å². The van der Waals surface area contributed by atoms with Gasteiger partial charge in [-0.15, -0.1) is 11.8 Å². The number of amides is 1. The van der Waals surface area contributed by atoms with E-state index in [1.54, 1.807) is 24.4 Å². The van der Waals surface area contributed by atoms with E-state index in [9.17, 15) is 22.8 Å². The molecule has 0 unspecified atom stereocenters. The number of aromatic nitrogens is 2. The molecule has 0 fully saturated rings. The minimum atomic E-state index is -4.50. The molecule has 0 aliphatic heterocycles. The van der Waals surface area contributed by atoms with Crippen LogP contribution in [0.5, 0.6) is 5.75 Å². The third-order valence-electron chi connectivity index (χ3n) is 5.01. The van der Waals surface area contributed by atoms with E-state index in [0.29, 0.717) is 22.8 Å². The zero-order valence-corrected chi connectivity index (χ0v) is 19.3. The van der Waals surface area contributed by atoms with Gasteiger partial charge in [-0.3, -0.25) is 14.0 Å². The summed E-state index contributed by atoms with van der Waals surface area (Å²) in [6.45, 7) is 1.42. The lowest BCUT2D eigenvalue weighted by Crippen LogP contribution is -2.20. The van der Waals surface area contributed by atoms with Gasteiger partial charge >= 0.3 is 6.18 Å². The van der Waals surface area contributed by atoms with E-state index in [4.69, 9.17) is 4.74 Å². The number of hydrogen-bond donors (Lipinski definition) is 1. The Hall–Kier alpha value is -3.79. The number of benzene rings is 2. The molecular formula is C25H20F3N3O3S. The van der Waals surface area contributed by atoms with Crippen LogP contribution in [0.15, 0.2) is 82.6 Å². The van der Waals surface area contributed by atoms with Crippen LogP contribution in [-0.2, 0) is 16.7 Å². The highest BCUT2D eigenvalue weighted by atomic mass is 32.2. The van der Waals surface area contributed by atoms with Crippen LogP contribution in [0, 0.1) is 6.92 Å². The maximum Gasteiger partial charge on any atom is 0.416 e. The number of nitrogens with zero attached hydrogens (tertiary/aromatic N) is 2. The lowest BCUT2D eigenvalue weighted by atomic mass is 10.2. The summed E-state index contributed by atoms with van der Waals surface area (Å²) in [7, 11) is 0. The fourth-order valence-corrected chi connectivity index (χ4v) is 4.23. The Kier molecular flexibility index (Phi) is 7.11. The first-order valence-electron chi connectivity index (χ1n) is 10.5. The zero-order chi connectivity index (χ0) is 25.0. The molecule has 4 aromatic rings. The topological polar surface area (TPSA) is 72.7 Å². The van der Waals surface area contributed by atoms with Gasteiger partial charge in [0.25, 0.3) is 11.5 Å².